The smallest absolute Gasteiger partial charge is 0.344 e. The van der Waals surface area contributed by atoms with Crippen molar-refractivity contribution in [3.8, 4) is 0 Å². The van der Waals surface area contributed by atoms with Gasteiger partial charge in [0.05, 0.1) is 37.9 Å². The minimum absolute atomic E-state index is 0.0491. The van der Waals surface area contributed by atoms with Crippen molar-refractivity contribution in [2.75, 3.05) is 19.8 Å². The number of carbonyl (C=O) groups is 10. The Labute approximate surface area is 797 Å². The molecule has 0 amide bonds. The molecule has 9 saturated carbocycles. The largest absolute Gasteiger partial charge is 0.459 e. The van der Waals surface area contributed by atoms with Crippen LogP contribution >= 0.6 is 0 Å². The van der Waals surface area contributed by atoms with E-state index in [0.29, 0.717) is 54.8 Å². The minimum Gasteiger partial charge on any atom is -0.459 e. The molecule has 9 aliphatic rings. The summed E-state index contributed by atoms with van der Waals surface area (Å²) in [6.07, 6.45) is 26.3. The summed E-state index contributed by atoms with van der Waals surface area (Å²) >= 11 is 0. The van der Waals surface area contributed by atoms with Crippen LogP contribution in [-0.4, -0.2) is 119 Å². The summed E-state index contributed by atoms with van der Waals surface area (Å²) in [5.41, 5.74) is -5.63. The van der Waals surface area contributed by atoms with E-state index in [9.17, 15) is 47.9 Å². The van der Waals surface area contributed by atoms with Gasteiger partial charge in [-0.1, -0.05) is 166 Å². The fourth-order valence-electron chi connectivity index (χ4n) is 16.9. The lowest BCUT2D eigenvalue weighted by Gasteiger charge is -2.61. The van der Waals surface area contributed by atoms with Crippen molar-refractivity contribution in [3.05, 3.63) is 0 Å². The molecular weight excluding hydrogens is 1640 g/mol. The summed E-state index contributed by atoms with van der Waals surface area (Å²) < 4.78 is 55.2. The first-order valence-electron chi connectivity index (χ1n) is 51.5. The van der Waals surface area contributed by atoms with Gasteiger partial charge in [-0.15, -0.1) is 0 Å². The molecule has 1 atom stereocenters. The van der Waals surface area contributed by atoms with Crippen LogP contribution in [0.15, 0.2) is 0 Å². The third-order valence-electron chi connectivity index (χ3n) is 30.8. The zero-order chi connectivity index (χ0) is 103. The first-order chi connectivity index (χ1) is 59.4. The van der Waals surface area contributed by atoms with Gasteiger partial charge >= 0.3 is 59.7 Å². The molecule has 8 bridgehead atoms. The molecule has 0 aromatic heterocycles. The maximum absolute atomic E-state index is 12.6. The van der Waals surface area contributed by atoms with Crippen LogP contribution in [0.25, 0.3) is 0 Å². The van der Waals surface area contributed by atoms with E-state index in [0.717, 1.165) is 107 Å². The molecule has 20 heteroatoms. The highest BCUT2D eigenvalue weighted by atomic mass is 16.6. The van der Waals surface area contributed by atoms with Crippen molar-refractivity contribution in [2.24, 2.45) is 102 Å². The lowest BCUT2D eigenvalue weighted by atomic mass is 9.47. The highest BCUT2D eigenvalue weighted by molar-refractivity contribution is 5.82. The maximum Gasteiger partial charge on any atom is 0.344 e. The van der Waals surface area contributed by atoms with Gasteiger partial charge in [0.1, 0.15) is 39.2 Å². The second kappa shape index (κ2) is 55.2. The second-order valence-electron chi connectivity index (χ2n) is 46.2. The molecule has 9 rings (SSSR count). The Hall–Kier alpha value is -5.30. The molecule has 0 aromatic rings. The summed E-state index contributed by atoms with van der Waals surface area (Å²) in [6, 6.07) is 0. The van der Waals surface area contributed by atoms with Gasteiger partial charge in [-0.05, 0) is 379 Å². The monoisotopic (exact) mass is 1850 g/mol. The van der Waals surface area contributed by atoms with Gasteiger partial charge in [0.2, 0.25) is 0 Å². The van der Waals surface area contributed by atoms with Gasteiger partial charge in [0.25, 0.3) is 0 Å². The Balaban J connectivity index is -0.00000145. The molecule has 0 N–H and O–H groups in total. The van der Waals surface area contributed by atoms with E-state index in [2.05, 4.69) is 62.3 Å². The third kappa shape index (κ3) is 39.8. The Morgan fingerprint density at radius 3 is 0.862 bits per heavy atom. The van der Waals surface area contributed by atoms with E-state index in [1.807, 2.05) is 242 Å². The molecule has 0 saturated heterocycles. The zero-order valence-corrected chi connectivity index (χ0v) is 92.9. The second-order valence-corrected chi connectivity index (χ2v) is 46.2. The fourth-order valence-corrected chi connectivity index (χ4v) is 16.9. The van der Waals surface area contributed by atoms with E-state index in [1.165, 1.54) is 64.2 Å². The Kier molecular flexibility index (Phi) is 54.7. The van der Waals surface area contributed by atoms with Gasteiger partial charge in [-0.2, -0.15) is 0 Å². The quantitative estimate of drug-likeness (QED) is 0.0428. The van der Waals surface area contributed by atoms with Crippen LogP contribution in [0.3, 0.4) is 0 Å². The molecular formula is C110H206O20. The molecule has 766 valence electrons. The van der Waals surface area contributed by atoms with Crippen molar-refractivity contribution in [1.82, 2.24) is 0 Å². The molecule has 0 spiro atoms. The van der Waals surface area contributed by atoms with Crippen LogP contribution < -0.4 is 0 Å². The maximum atomic E-state index is 12.6. The number of hydrogen-bond acceptors (Lipinski definition) is 20. The van der Waals surface area contributed by atoms with E-state index in [-0.39, 0.29) is 134 Å². The summed E-state index contributed by atoms with van der Waals surface area (Å²) in [7, 11) is 0. The SMILES string of the molecule is CC.CC.CC.CCC(C)(C)C(=O)OC(C)(C)C(C)(C)C.CCC(C)(C)C(=O)OCC(=O)OC1(C(C)C)C2CC3CC(C2)CC1C3.CCC(C)(C)C(=O)OCC(=O)OC1(C)CCCC1.CCC(C)(C)C(=O)OCC(=O)OC1(CC)C2CC3CC(C2)CC1C3.CCC(C)(C)OC(=O)C(C)(C)CC.CCC(C)C(C)(C)OC(=O)C(C)(C)CC.CCCC(C)(C)OC(=O)C(C)(C)CC. The highest BCUT2D eigenvalue weighted by Gasteiger charge is 2.62. The fraction of sp³-hybridized carbons (Fsp3) is 0.909. The van der Waals surface area contributed by atoms with Gasteiger partial charge in [0, 0.05) is 5.41 Å². The zero-order valence-electron chi connectivity index (χ0n) is 92.9. The van der Waals surface area contributed by atoms with Crippen LogP contribution in [0.2, 0.25) is 0 Å². The average Bonchev–Trinajstić information content (AvgIpc) is 0.840. The number of esters is 10. The van der Waals surface area contributed by atoms with E-state index in [4.69, 9.17) is 47.4 Å². The van der Waals surface area contributed by atoms with Crippen molar-refractivity contribution in [3.63, 3.8) is 0 Å². The van der Waals surface area contributed by atoms with Crippen LogP contribution in [0.4, 0.5) is 0 Å². The van der Waals surface area contributed by atoms with Crippen molar-refractivity contribution in [1.29, 1.82) is 0 Å². The first kappa shape index (κ1) is 129. The molecule has 20 nitrogen and oxygen atoms in total. The first-order valence-corrected chi connectivity index (χ1v) is 51.5. The lowest BCUT2D eigenvalue weighted by molar-refractivity contribution is -0.228. The minimum atomic E-state index is -0.557. The van der Waals surface area contributed by atoms with Crippen molar-refractivity contribution in [2.45, 2.75) is 525 Å². The molecule has 1 unspecified atom stereocenters. The van der Waals surface area contributed by atoms with Gasteiger partial charge in [-0.25, -0.2) is 14.4 Å². The molecule has 130 heavy (non-hydrogen) atoms. The van der Waals surface area contributed by atoms with Gasteiger partial charge < -0.3 is 47.4 Å². The van der Waals surface area contributed by atoms with Crippen molar-refractivity contribution < 1.29 is 95.3 Å². The predicted molar refractivity (Wildman–Crippen MR) is 530 cm³/mol. The summed E-state index contributed by atoms with van der Waals surface area (Å²) in [4.78, 5) is 120. The molecule has 0 aliphatic heterocycles. The lowest BCUT2D eigenvalue weighted by Crippen LogP contribution is -2.62. The predicted octanol–water partition coefficient (Wildman–Crippen LogP) is 28.7. The number of ether oxygens (including phenoxy) is 10. The van der Waals surface area contributed by atoms with Gasteiger partial charge in [-0.3, -0.25) is 33.6 Å². The molecule has 9 aliphatic carbocycles. The Bertz CT molecular complexity index is 3320. The highest BCUT2D eigenvalue weighted by Crippen LogP contribution is 2.63. The normalized spacial score (nSPS) is 22.6. The Morgan fingerprint density at radius 1 is 0.323 bits per heavy atom. The average molecular weight is 1850 g/mol. The molecule has 0 aromatic carbocycles. The van der Waals surface area contributed by atoms with Gasteiger partial charge in [0.15, 0.2) is 19.8 Å². The topological polar surface area (TPSA) is 263 Å². The summed E-state index contributed by atoms with van der Waals surface area (Å²) in [6.45, 7) is 90.2. The van der Waals surface area contributed by atoms with Crippen LogP contribution in [0.1, 0.15) is 485 Å². The van der Waals surface area contributed by atoms with Crippen LogP contribution in [0.5, 0.6) is 0 Å². The van der Waals surface area contributed by atoms with E-state index in [1.54, 1.807) is 13.8 Å². The molecule has 0 heterocycles. The van der Waals surface area contributed by atoms with E-state index < -0.39 is 27.8 Å². The number of hydrogen-bond donors (Lipinski definition) is 0. The number of carbonyl (C=O) groups excluding carboxylic acids is 10. The standard InChI is InChI=1S/C21H34O4.C20H32O4.C14H24O4.2C13H26O2.C12H24O2.C11H22O2.3C2H6/c1-6-20(4,5)19(23)24-12-18(22)25-21(13(2)3)16-8-14-7-15(10-16)11-17(21)9-14;1-5-19(3,4)18(22)23-12-17(21)24-20(6-2)15-8-13-7-14(10-15)11-16(20)9-13;1-5-13(2,3)12(16)17-10-11(15)18-14(4)8-6-7-9-14;1-9-12(5,6)10(14)15-13(7,8)11(2,3)4;1-8-10(3)13(6,7)15-11(14)12(4,5)9-2;1-7-9-12(5,6)14-10(13)11(3,4)8-2;1-7-10(3,4)9(12)13-11(5,6)8-2;3*1-2/h13-17H,6-12H2,1-5H3;13-16H,5-12H2,1-4H3;5-10H2,1-4H3;9H2,1-8H3;10H,8-9H2,1-7H3;7-9H2,1-6H3;7-8H2,1-6H3;3*1-2H3. The number of rotatable bonds is 34. The summed E-state index contributed by atoms with van der Waals surface area (Å²) in [5, 5.41) is 0. The summed E-state index contributed by atoms with van der Waals surface area (Å²) in [5.74, 6) is 3.44. The third-order valence-corrected chi connectivity index (χ3v) is 30.8. The Morgan fingerprint density at radius 2 is 0.592 bits per heavy atom. The van der Waals surface area contributed by atoms with E-state index >= 15 is 0 Å². The van der Waals surface area contributed by atoms with Crippen LogP contribution in [-0.2, 0) is 95.3 Å². The van der Waals surface area contributed by atoms with Crippen LogP contribution in [0, 0.1) is 102 Å². The molecule has 9 fully saturated rings. The molecule has 0 radical (unpaired) electrons. The van der Waals surface area contributed by atoms with Crippen molar-refractivity contribution >= 4 is 59.7 Å².